The van der Waals surface area contributed by atoms with Gasteiger partial charge in [0.2, 0.25) is 14.8 Å². The molecule has 0 aromatic heterocycles. The minimum absolute atomic E-state index is 0.0189. The maximum atomic E-state index is 14.6. The lowest BCUT2D eigenvalue weighted by molar-refractivity contribution is -0.0752. The molecule has 0 aliphatic carbocycles. The van der Waals surface area contributed by atoms with Gasteiger partial charge in [0.1, 0.15) is 6.10 Å². The quantitative estimate of drug-likeness (QED) is 0.159. The fraction of sp³-hybridized carbons (Fsp3) is 0.514. The number of sulfone groups is 1. The van der Waals surface area contributed by atoms with E-state index in [0.29, 0.717) is 6.61 Å². The summed E-state index contributed by atoms with van der Waals surface area (Å²) in [4.78, 5) is -1.22. The molecule has 0 radical (unpaired) electrons. The van der Waals surface area contributed by atoms with Crippen LogP contribution in [0.3, 0.4) is 0 Å². The minimum Gasteiger partial charge on any atom is -0.411 e. The topological polar surface area (TPSA) is 74.4 Å². The molecule has 0 unspecified atom stereocenters. The van der Waals surface area contributed by atoms with E-state index >= 15 is 0 Å². The lowest BCUT2D eigenvalue weighted by atomic mass is 10.0. The van der Waals surface area contributed by atoms with E-state index in [9.17, 15) is 8.42 Å². The van der Waals surface area contributed by atoms with Gasteiger partial charge in [0, 0.05) is 13.0 Å². The molecule has 2 heterocycles. The first kappa shape index (κ1) is 35.2. The summed E-state index contributed by atoms with van der Waals surface area (Å²) in [6.07, 6.45) is 0.660. The molecule has 250 valence electrons. The molecule has 6 nitrogen and oxygen atoms in total. The van der Waals surface area contributed by atoms with Crippen LogP contribution in [0.25, 0.3) is 0 Å². The fourth-order valence-electron chi connectivity index (χ4n) is 6.63. The highest BCUT2D eigenvalue weighted by atomic mass is 32.2. The summed E-state index contributed by atoms with van der Waals surface area (Å²) >= 11 is 0. The molecule has 2 aliphatic rings. The van der Waals surface area contributed by atoms with E-state index in [0.717, 1.165) is 23.2 Å². The van der Waals surface area contributed by atoms with Gasteiger partial charge in [-0.3, -0.25) is 0 Å². The second kappa shape index (κ2) is 13.1. The van der Waals surface area contributed by atoms with Crippen LogP contribution in [-0.2, 0) is 28.2 Å². The van der Waals surface area contributed by atoms with Gasteiger partial charge in [-0.05, 0) is 58.5 Å². The van der Waals surface area contributed by atoms with Crippen LogP contribution in [0, 0.1) is 0 Å². The number of hydrogen-bond donors (Lipinski definition) is 0. The van der Waals surface area contributed by atoms with Gasteiger partial charge in [0.15, 0.2) is 8.32 Å². The van der Waals surface area contributed by atoms with Crippen LogP contribution in [-0.4, -0.2) is 61.5 Å². The van der Waals surface area contributed by atoms with Gasteiger partial charge in [0.05, 0.1) is 23.7 Å². The van der Waals surface area contributed by atoms with Crippen molar-refractivity contribution in [2.45, 2.75) is 112 Å². The van der Waals surface area contributed by atoms with E-state index in [1.165, 1.54) is 0 Å². The predicted molar refractivity (Wildman–Crippen MR) is 190 cm³/mol. The Morgan fingerprint density at radius 1 is 0.804 bits per heavy atom. The average molecular weight is 681 g/mol. The van der Waals surface area contributed by atoms with Crippen LogP contribution < -0.4 is 10.4 Å². The van der Waals surface area contributed by atoms with Gasteiger partial charge in [-0.25, -0.2) is 8.42 Å². The largest absolute Gasteiger partial charge is 0.411 e. The zero-order chi connectivity index (χ0) is 33.4. The number of benzene rings is 3. The van der Waals surface area contributed by atoms with Gasteiger partial charge in [-0.1, -0.05) is 120 Å². The summed E-state index contributed by atoms with van der Waals surface area (Å²) in [6, 6.07) is 29.5. The van der Waals surface area contributed by atoms with Crippen molar-refractivity contribution < 1.29 is 26.7 Å². The van der Waals surface area contributed by atoms with Gasteiger partial charge < -0.3 is 18.3 Å². The highest BCUT2D eigenvalue weighted by Crippen LogP contribution is 2.51. The second-order valence-electron chi connectivity index (χ2n) is 15.4. The van der Waals surface area contributed by atoms with Gasteiger partial charge in [-0.2, -0.15) is 0 Å². The molecular weight excluding hydrogens is 629 g/mol. The third kappa shape index (κ3) is 6.61. The molecule has 0 amide bonds. The summed E-state index contributed by atoms with van der Waals surface area (Å²) in [5.41, 5.74) is 0. The molecule has 2 saturated heterocycles. The van der Waals surface area contributed by atoms with Crippen LogP contribution >= 0.6 is 0 Å². The third-order valence-corrected chi connectivity index (χ3v) is 22.1. The lowest BCUT2D eigenvalue weighted by Gasteiger charge is -2.43. The Bertz CT molecular complexity index is 1510. The monoisotopic (exact) mass is 680 g/mol. The molecule has 3 aromatic carbocycles. The Balaban J connectivity index is 1.52. The fourth-order valence-corrected chi connectivity index (χ4v) is 14.5. The first-order chi connectivity index (χ1) is 21.6. The molecule has 0 N–H and O–H groups in total. The number of hydrogen-bond acceptors (Lipinski definition) is 6. The van der Waals surface area contributed by atoms with E-state index in [1.807, 2.05) is 18.2 Å². The maximum Gasteiger partial charge on any atom is 0.261 e. The zero-order valence-electron chi connectivity index (χ0n) is 28.8. The molecule has 0 saturated carbocycles. The van der Waals surface area contributed by atoms with Crippen molar-refractivity contribution in [3.8, 4) is 0 Å². The number of ether oxygens (including phenoxy) is 2. The Kier molecular flexibility index (Phi) is 10.00. The average Bonchev–Trinajstić information content (AvgIpc) is 3.73. The van der Waals surface area contributed by atoms with Crippen LogP contribution in [0.1, 0.15) is 60.8 Å². The van der Waals surface area contributed by atoms with Crippen molar-refractivity contribution in [3.63, 3.8) is 0 Å². The molecule has 5 rings (SSSR count). The van der Waals surface area contributed by atoms with Gasteiger partial charge in [0.25, 0.3) is 8.32 Å². The summed E-state index contributed by atoms with van der Waals surface area (Å²) in [6.45, 7) is 18.5. The predicted octanol–water partition coefficient (Wildman–Crippen LogP) is 7.09. The second-order valence-corrected chi connectivity index (χ2v) is 26.6. The Labute approximate surface area is 279 Å². The highest BCUT2D eigenvalue weighted by molar-refractivity contribution is 7.93. The highest BCUT2D eigenvalue weighted by Gasteiger charge is 2.68. The SMILES string of the molecule is CC(C)(C)[Si](C)(C)O[C@H]1CCCO[C@@H]1C[C@@]1(S(=O)(=O)c2ccccc2)O[C@@H]1CO[Si](c1ccccc1)(c1ccccc1)C(C)(C)C. The van der Waals surface area contributed by atoms with Crippen molar-refractivity contribution >= 4 is 36.8 Å². The Morgan fingerprint density at radius 3 is 1.83 bits per heavy atom. The summed E-state index contributed by atoms with van der Waals surface area (Å²) in [5.74, 6) is 0. The van der Waals surface area contributed by atoms with Crippen LogP contribution in [0.4, 0.5) is 0 Å². The molecule has 2 aliphatic heterocycles. The molecule has 0 spiro atoms. The molecule has 3 aromatic rings. The summed E-state index contributed by atoms with van der Waals surface area (Å²) < 4.78 is 56.0. The van der Waals surface area contributed by atoms with Crippen LogP contribution in [0.5, 0.6) is 0 Å². The lowest BCUT2D eigenvalue weighted by Crippen LogP contribution is -2.67. The van der Waals surface area contributed by atoms with Crippen LogP contribution in [0.2, 0.25) is 23.2 Å². The summed E-state index contributed by atoms with van der Waals surface area (Å²) in [7, 11) is -8.97. The first-order valence-corrected chi connectivity index (χ1v) is 22.9. The third-order valence-electron chi connectivity index (χ3n) is 10.3. The van der Waals surface area contributed by atoms with Crippen LogP contribution in [0.15, 0.2) is 95.9 Å². The van der Waals surface area contributed by atoms with Crippen molar-refractivity contribution in [2.24, 2.45) is 0 Å². The van der Waals surface area contributed by atoms with Crippen molar-refractivity contribution in [2.75, 3.05) is 13.2 Å². The van der Waals surface area contributed by atoms with E-state index in [-0.39, 0.29) is 34.1 Å². The van der Waals surface area contributed by atoms with E-state index in [4.69, 9.17) is 18.3 Å². The Hall–Kier alpha value is -2.12. The van der Waals surface area contributed by atoms with Gasteiger partial charge in [-0.15, -0.1) is 0 Å². The molecule has 2 fully saturated rings. The van der Waals surface area contributed by atoms with Gasteiger partial charge >= 0.3 is 0 Å². The van der Waals surface area contributed by atoms with Crippen molar-refractivity contribution in [1.29, 1.82) is 0 Å². The van der Waals surface area contributed by atoms with E-state index in [2.05, 4.69) is 103 Å². The molecular formula is C37H52O6SSi2. The standard InChI is InChI=1S/C37H52O6SSi2/c1-35(2,3)45(7,8)43-32-25-18-26-40-33(32)27-37(44(38,39)29-19-12-9-13-20-29)34(42-37)28-41-46(36(4,5)6,30-21-14-10-15-22-30)31-23-16-11-17-24-31/h9-17,19-24,32-34H,18,25-28H2,1-8H3/t32-,33+,34+,37-/m0/s1. The first-order valence-electron chi connectivity index (χ1n) is 16.6. The number of rotatable bonds is 11. The van der Waals surface area contributed by atoms with Crippen molar-refractivity contribution in [3.05, 3.63) is 91.0 Å². The minimum atomic E-state index is -3.91. The van der Waals surface area contributed by atoms with Crippen molar-refractivity contribution in [1.82, 2.24) is 0 Å². The molecule has 0 bridgehead atoms. The smallest absolute Gasteiger partial charge is 0.261 e. The maximum absolute atomic E-state index is 14.6. The molecule has 46 heavy (non-hydrogen) atoms. The summed E-state index contributed by atoms with van der Waals surface area (Å²) in [5, 5.41) is 2.05. The Morgan fingerprint density at radius 2 is 1.33 bits per heavy atom. The normalized spacial score (nSPS) is 24.5. The van der Waals surface area contributed by atoms with E-state index in [1.54, 1.807) is 24.3 Å². The molecule has 4 atom stereocenters. The molecule has 9 heteroatoms. The zero-order valence-corrected chi connectivity index (χ0v) is 31.6. The number of epoxide rings is 1. The van der Waals surface area contributed by atoms with E-state index < -0.39 is 43.6 Å².